The van der Waals surface area contributed by atoms with Crippen LogP contribution in [0.15, 0.2) is 4.99 Å². The lowest BCUT2D eigenvalue weighted by Crippen LogP contribution is -2.49. The molecule has 0 aliphatic carbocycles. The van der Waals surface area contributed by atoms with Crippen LogP contribution in [0.3, 0.4) is 0 Å². The van der Waals surface area contributed by atoms with Crippen molar-refractivity contribution in [1.82, 2.24) is 15.1 Å². The zero-order valence-electron chi connectivity index (χ0n) is 14.7. The number of guanidine groups is 1. The predicted octanol–water partition coefficient (Wildman–Crippen LogP) is 2.41. The van der Waals surface area contributed by atoms with E-state index in [0.29, 0.717) is 17.4 Å². The third-order valence-electron chi connectivity index (χ3n) is 5.04. The highest BCUT2D eigenvalue weighted by molar-refractivity contribution is 5.80. The van der Waals surface area contributed by atoms with Gasteiger partial charge in [0.25, 0.3) is 0 Å². The molecule has 4 nitrogen and oxygen atoms in total. The molecule has 2 heterocycles. The SMILES string of the molecule is CN=C(NCC(C(C)C)N1CCCC1)N1CCC(C)(C)C1. The summed E-state index contributed by atoms with van der Waals surface area (Å²) in [5, 5.41) is 3.64. The van der Waals surface area contributed by atoms with E-state index in [-0.39, 0.29) is 0 Å². The summed E-state index contributed by atoms with van der Waals surface area (Å²) >= 11 is 0. The topological polar surface area (TPSA) is 30.9 Å². The summed E-state index contributed by atoms with van der Waals surface area (Å²) < 4.78 is 0. The lowest BCUT2D eigenvalue weighted by Gasteiger charge is -2.32. The molecule has 0 aromatic carbocycles. The minimum Gasteiger partial charge on any atom is -0.355 e. The fourth-order valence-corrected chi connectivity index (χ4v) is 3.68. The van der Waals surface area contributed by atoms with E-state index in [9.17, 15) is 0 Å². The Kier molecular flexibility index (Phi) is 5.53. The third kappa shape index (κ3) is 4.35. The highest BCUT2D eigenvalue weighted by Gasteiger charge is 2.31. The second-order valence-electron chi connectivity index (χ2n) is 7.82. The van der Waals surface area contributed by atoms with Gasteiger partial charge in [0.05, 0.1) is 0 Å². The van der Waals surface area contributed by atoms with Crippen LogP contribution in [0.4, 0.5) is 0 Å². The van der Waals surface area contributed by atoms with Crippen molar-refractivity contribution in [2.75, 3.05) is 39.8 Å². The molecule has 0 bridgehead atoms. The summed E-state index contributed by atoms with van der Waals surface area (Å²) in [5.74, 6) is 1.77. The third-order valence-corrected chi connectivity index (χ3v) is 5.04. The number of hydrogen-bond acceptors (Lipinski definition) is 2. The Morgan fingerprint density at radius 3 is 2.33 bits per heavy atom. The Balaban J connectivity index is 1.89. The van der Waals surface area contributed by atoms with Gasteiger partial charge in [-0.25, -0.2) is 0 Å². The van der Waals surface area contributed by atoms with Gasteiger partial charge in [-0.15, -0.1) is 0 Å². The minimum absolute atomic E-state index is 0.421. The first-order chi connectivity index (χ1) is 9.93. The van der Waals surface area contributed by atoms with Crippen LogP contribution in [0.25, 0.3) is 0 Å². The first kappa shape index (κ1) is 16.6. The molecule has 122 valence electrons. The van der Waals surface area contributed by atoms with Crippen molar-refractivity contribution in [3.05, 3.63) is 0 Å². The molecular formula is C17H34N4. The van der Waals surface area contributed by atoms with Gasteiger partial charge in [-0.1, -0.05) is 27.7 Å². The quantitative estimate of drug-likeness (QED) is 0.638. The lowest BCUT2D eigenvalue weighted by molar-refractivity contribution is 0.191. The van der Waals surface area contributed by atoms with Crippen LogP contribution in [0.5, 0.6) is 0 Å². The van der Waals surface area contributed by atoms with Crippen LogP contribution in [0.2, 0.25) is 0 Å². The number of hydrogen-bond donors (Lipinski definition) is 1. The summed E-state index contributed by atoms with van der Waals surface area (Å²) in [6.07, 6.45) is 3.98. The van der Waals surface area contributed by atoms with E-state index in [4.69, 9.17) is 0 Å². The molecule has 21 heavy (non-hydrogen) atoms. The molecule has 0 aromatic rings. The zero-order chi connectivity index (χ0) is 15.5. The van der Waals surface area contributed by atoms with Crippen LogP contribution in [0, 0.1) is 11.3 Å². The average Bonchev–Trinajstić information content (AvgIpc) is 3.04. The smallest absolute Gasteiger partial charge is 0.193 e. The summed E-state index contributed by atoms with van der Waals surface area (Å²) in [5.41, 5.74) is 0.421. The molecule has 2 aliphatic rings. The van der Waals surface area contributed by atoms with Gasteiger partial charge < -0.3 is 10.2 Å². The van der Waals surface area contributed by atoms with E-state index in [1.54, 1.807) is 0 Å². The fourth-order valence-electron chi connectivity index (χ4n) is 3.68. The van der Waals surface area contributed by atoms with Crippen LogP contribution in [0.1, 0.15) is 47.0 Å². The number of rotatable bonds is 4. The van der Waals surface area contributed by atoms with E-state index in [1.807, 2.05) is 7.05 Å². The average molecular weight is 294 g/mol. The van der Waals surface area contributed by atoms with Gasteiger partial charge in [0.1, 0.15) is 0 Å². The van der Waals surface area contributed by atoms with Crippen molar-refractivity contribution in [1.29, 1.82) is 0 Å². The predicted molar refractivity (Wildman–Crippen MR) is 90.8 cm³/mol. The molecule has 1 atom stereocenters. The van der Waals surface area contributed by atoms with E-state index in [1.165, 1.54) is 32.4 Å². The zero-order valence-corrected chi connectivity index (χ0v) is 14.7. The second-order valence-corrected chi connectivity index (χ2v) is 7.82. The van der Waals surface area contributed by atoms with E-state index >= 15 is 0 Å². The van der Waals surface area contributed by atoms with Crippen molar-refractivity contribution < 1.29 is 0 Å². The molecule has 4 heteroatoms. The molecule has 2 rings (SSSR count). The first-order valence-electron chi connectivity index (χ1n) is 8.62. The van der Waals surface area contributed by atoms with Crippen LogP contribution < -0.4 is 5.32 Å². The van der Waals surface area contributed by atoms with Crippen LogP contribution in [-0.2, 0) is 0 Å². The standard InChI is InChI=1S/C17H34N4/c1-14(2)15(20-9-6-7-10-20)12-19-16(18-5)21-11-8-17(3,4)13-21/h14-15H,6-13H2,1-5H3,(H,18,19). The van der Waals surface area contributed by atoms with Crippen molar-refractivity contribution >= 4 is 5.96 Å². The first-order valence-corrected chi connectivity index (χ1v) is 8.62. The summed E-state index contributed by atoms with van der Waals surface area (Å²) in [6, 6.07) is 0.625. The Labute approximate surface area is 131 Å². The highest BCUT2D eigenvalue weighted by atomic mass is 15.3. The summed E-state index contributed by atoms with van der Waals surface area (Å²) in [6.45, 7) is 15.2. The van der Waals surface area contributed by atoms with Crippen molar-refractivity contribution in [2.24, 2.45) is 16.3 Å². The van der Waals surface area contributed by atoms with E-state index in [0.717, 1.165) is 25.6 Å². The Morgan fingerprint density at radius 2 is 1.86 bits per heavy atom. The highest BCUT2D eigenvalue weighted by Crippen LogP contribution is 2.28. The molecule has 1 unspecified atom stereocenters. The molecule has 0 amide bonds. The Bertz CT molecular complexity index is 356. The molecule has 2 aliphatic heterocycles. The number of nitrogens with one attached hydrogen (secondary N) is 1. The van der Waals surface area contributed by atoms with Crippen molar-refractivity contribution in [2.45, 2.75) is 53.0 Å². The van der Waals surface area contributed by atoms with Gasteiger partial charge in [0.15, 0.2) is 5.96 Å². The fraction of sp³-hybridized carbons (Fsp3) is 0.941. The second kappa shape index (κ2) is 6.99. The van der Waals surface area contributed by atoms with Gasteiger partial charge in [-0.2, -0.15) is 0 Å². The molecule has 0 spiro atoms. The van der Waals surface area contributed by atoms with Crippen molar-refractivity contribution in [3.63, 3.8) is 0 Å². The van der Waals surface area contributed by atoms with Gasteiger partial charge in [0, 0.05) is 32.7 Å². The normalized spacial score (nSPS) is 24.9. The summed E-state index contributed by atoms with van der Waals surface area (Å²) in [7, 11) is 1.91. The summed E-state index contributed by atoms with van der Waals surface area (Å²) in [4.78, 5) is 9.58. The lowest BCUT2D eigenvalue weighted by atomic mass is 9.93. The Morgan fingerprint density at radius 1 is 1.19 bits per heavy atom. The van der Waals surface area contributed by atoms with Gasteiger partial charge in [-0.05, 0) is 43.7 Å². The molecule has 0 saturated carbocycles. The van der Waals surface area contributed by atoms with Gasteiger partial charge in [-0.3, -0.25) is 9.89 Å². The molecule has 0 radical (unpaired) electrons. The van der Waals surface area contributed by atoms with Crippen molar-refractivity contribution in [3.8, 4) is 0 Å². The van der Waals surface area contributed by atoms with Crippen LogP contribution >= 0.6 is 0 Å². The van der Waals surface area contributed by atoms with E-state index < -0.39 is 0 Å². The maximum absolute atomic E-state index is 4.51. The number of likely N-dealkylation sites (tertiary alicyclic amines) is 2. The molecular weight excluding hydrogens is 260 g/mol. The van der Waals surface area contributed by atoms with Crippen LogP contribution in [-0.4, -0.2) is 61.6 Å². The van der Waals surface area contributed by atoms with Gasteiger partial charge >= 0.3 is 0 Å². The molecule has 0 aromatic heterocycles. The van der Waals surface area contributed by atoms with Gasteiger partial charge in [0.2, 0.25) is 0 Å². The molecule has 2 fully saturated rings. The maximum atomic E-state index is 4.51. The minimum atomic E-state index is 0.421. The molecule has 2 saturated heterocycles. The number of nitrogens with zero attached hydrogens (tertiary/aromatic N) is 3. The monoisotopic (exact) mass is 294 g/mol. The maximum Gasteiger partial charge on any atom is 0.193 e. The molecule has 1 N–H and O–H groups in total. The largest absolute Gasteiger partial charge is 0.355 e. The van der Waals surface area contributed by atoms with E-state index in [2.05, 4.69) is 47.8 Å². The number of aliphatic imine (C=N–C) groups is 1. The Hall–Kier alpha value is -0.770.